The average molecular weight is 413 g/mol. The van der Waals surface area contributed by atoms with Gasteiger partial charge in [-0.15, -0.1) is 11.3 Å². The molecular weight excluding hydrogens is 390 g/mol. The van der Waals surface area contributed by atoms with Gasteiger partial charge in [-0.05, 0) is 17.7 Å². The monoisotopic (exact) mass is 413 g/mol. The Morgan fingerprint density at radius 1 is 1.00 bits per heavy atom. The lowest BCUT2D eigenvalue weighted by molar-refractivity contribution is 0.102. The normalized spacial score (nSPS) is 10.3. The number of rotatable bonds is 8. The van der Waals surface area contributed by atoms with E-state index in [4.69, 9.17) is 19.9 Å². The highest BCUT2D eigenvalue weighted by molar-refractivity contribution is 7.09. The Hall–Kier alpha value is -3.39. The second-order valence-electron chi connectivity index (χ2n) is 6.16. The first kappa shape index (κ1) is 20.3. The van der Waals surface area contributed by atoms with Gasteiger partial charge in [0.2, 0.25) is 5.75 Å². The van der Waals surface area contributed by atoms with Gasteiger partial charge in [0.1, 0.15) is 0 Å². The largest absolute Gasteiger partial charge is 0.493 e. The van der Waals surface area contributed by atoms with Gasteiger partial charge in [-0.2, -0.15) is 0 Å². The second kappa shape index (κ2) is 9.20. The summed E-state index contributed by atoms with van der Waals surface area (Å²) in [5.41, 5.74) is 9.41. The van der Waals surface area contributed by atoms with E-state index in [-0.39, 0.29) is 5.91 Å². The SMILES string of the molecule is COc1cc(NCc2ccc(C(=O)Nc3cscc3N)cc2)cc(OC)c1OC. The molecule has 0 saturated heterocycles. The number of carbonyl (C=O) groups excluding carboxylic acids is 1. The second-order valence-corrected chi connectivity index (χ2v) is 6.90. The molecule has 8 heteroatoms. The van der Waals surface area contributed by atoms with Crippen LogP contribution < -0.4 is 30.6 Å². The number of nitrogens with one attached hydrogen (secondary N) is 2. The van der Waals surface area contributed by atoms with Crippen LogP contribution in [0.1, 0.15) is 15.9 Å². The molecule has 1 amide bonds. The summed E-state index contributed by atoms with van der Waals surface area (Å²) in [4.78, 5) is 12.3. The molecule has 0 spiro atoms. The van der Waals surface area contributed by atoms with Crippen molar-refractivity contribution >= 4 is 34.3 Å². The van der Waals surface area contributed by atoms with E-state index in [0.29, 0.717) is 40.7 Å². The average Bonchev–Trinajstić information content (AvgIpc) is 3.15. The molecule has 0 unspecified atom stereocenters. The molecule has 0 aliphatic heterocycles. The van der Waals surface area contributed by atoms with Crippen LogP contribution in [-0.2, 0) is 6.54 Å². The number of nitrogen functional groups attached to an aromatic ring is 1. The van der Waals surface area contributed by atoms with E-state index >= 15 is 0 Å². The van der Waals surface area contributed by atoms with Crippen LogP contribution >= 0.6 is 11.3 Å². The molecule has 152 valence electrons. The molecule has 3 aromatic rings. The lowest BCUT2D eigenvalue weighted by atomic mass is 10.1. The predicted molar refractivity (Wildman–Crippen MR) is 117 cm³/mol. The zero-order valence-corrected chi connectivity index (χ0v) is 17.3. The van der Waals surface area contributed by atoms with Crippen molar-refractivity contribution in [2.75, 3.05) is 37.7 Å². The summed E-state index contributed by atoms with van der Waals surface area (Å²) >= 11 is 1.44. The van der Waals surface area contributed by atoms with Gasteiger partial charge in [0.15, 0.2) is 11.5 Å². The number of methoxy groups -OCH3 is 3. The fraction of sp³-hybridized carbons (Fsp3) is 0.190. The first-order valence-corrected chi connectivity index (χ1v) is 9.75. The Kier molecular flexibility index (Phi) is 6.46. The minimum absolute atomic E-state index is 0.195. The van der Waals surface area contributed by atoms with Crippen LogP contribution in [0.4, 0.5) is 17.1 Å². The number of hydrogen-bond donors (Lipinski definition) is 3. The molecule has 0 atom stereocenters. The Bertz CT molecular complexity index is 961. The molecular formula is C21H23N3O4S. The van der Waals surface area contributed by atoms with Crippen molar-refractivity contribution in [3.05, 3.63) is 58.3 Å². The van der Waals surface area contributed by atoms with Gasteiger partial charge >= 0.3 is 0 Å². The fourth-order valence-electron chi connectivity index (χ4n) is 2.76. The minimum Gasteiger partial charge on any atom is -0.493 e. The van der Waals surface area contributed by atoms with E-state index in [1.165, 1.54) is 11.3 Å². The Morgan fingerprint density at radius 3 is 2.17 bits per heavy atom. The zero-order chi connectivity index (χ0) is 20.8. The zero-order valence-electron chi connectivity index (χ0n) is 16.4. The van der Waals surface area contributed by atoms with Crippen LogP contribution in [0.15, 0.2) is 47.2 Å². The van der Waals surface area contributed by atoms with Crippen LogP contribution in [0.5, 0.6) is 17.2 Å². The van der Waals surface area contributed by atoms with Crippen molar-refractivity contribution in [2.45, 2.75) is 6.54 Å². The van der Waals surface area contributed by atoms with Gasteiger partial charge in [0.05, 0.1) is 32.7 Å². The molecule has 29 heavy (non-hydrogen) atoms. The predicted octanol–water partition coefficient (Wildman–Crippen LogP) is 4.22. The molecule has 0 radical (unpaired) electrons. The minimum atomic E-state index is -0.195. The summed E-state index contributed by atoms with van der Waals surface area (Å²) in [5.74, 6) is 1.50. The van der Waals surface area contributed by atoms with Gasteiger partial charge in [-0.1, -0.05) is 12.1 Å². The van der Waals surface area contributed by atoms with Crippen molar-refractivity contribution in [3.63, 3.8) is 0 Å². The maximum absolute atomic E-state index is 12.3. The number of nitrogens with two attached hydrogens (primary N) is 1. The van der Waals surface area contributed by atoms with Gasteiger partial charge in [0, 0.05) is 40.7 Å². The van der Waals surface area contributed by atoms with Gasteiger partial charge in [-0.3, -0.25) is 4.79 Å². The van der Waals surface area contributed by atoms with Gasteiger partial charge < -0.3 is 30.6 Å². The summed E-state index contributed by atoms with van der Waals surface area (Å²) < 4.78 is 16.1. The third-order valence-corrected chi connectivity index (χ3v) is 5.08. The summed E-state index contributed by atoms with van der Waals surface area (Å²) in [6.45, 7) is 0.567. The molecule has 0 saturated carbocycles. The topological polar surface area (TPSA) is 94.8 Å². The van der Waals surface area contributed by atoms with Gasteiger partial charge in [-0.25, -0.2) is 0 Å². The quantitative estimate of drug-likeness (QED) is 0.512. The van der Waals surface area contributed by atoms with Crippen LogP contribution in [0, 0.1) is 0 Å². The number of benzene rings is 2. The Morgan fingerprint density at radius 2 is 1.66 bits per heavy atom. The van der Waals surface area contributed by atoms with E-state index in [2.05, 4.69) is 10.6 Å². The van der Waals surface area contributed by atoms with E-state index in [9.17, 15) is 4.79 Å². The number of thiophene rings is 1. The molecule has 7 nitrogen and oxygen atoms in total. The van der Waals surface area contributed by atoms with E-state index in [1.807, 2.05) is 29.6 Å². The van der Waals surface area contributed by atoms with Gasteiger partial charge in [0.25, 0.3) is 5.91 Å². The number of hydrogen-bond acceptors (Lipinski definition) is 7. The lowest BCUT2D eigenvalue weighted by Gasteiger charge is -2.15. The molecule has 0 aliphatic rings. The number of ether oxygens (including phenoxy) is 3. The third kappa shape index (κ3) is 4.72. The standard InChI is InChI=1S/C21H23N3O4S/c1-26-18-8-15(9-19(27-2)20(18)28-3)23-10-13-4-6-14(7-5-13)21(25)24-17-12-29-11-16(17)22/h4-9,11-12,23H,10,22H2,1-3H3,(H,24,25). The number of anilines is 3. The van der Waals surface area contributed by atoms with E-state index < -0.39 is 0 Å². The van der Waals surface area contributed by atoms with Crippen LogP contribution in [0.2, 0.25) is 0 Å². The molecule has 4 N–H and O–H groups in total. The molecule has 2 aromatic carbocycles. The third-order valence-electron chi connectivity index (χ3n) is 4.32. The highest BCUT2D eigenvalue weighted by Gasteiger charge is 2.13. The maximum Gasteiger partial charge on any atom is 0.255 e. The highest BCUT2D eigenvalue weighted by atomic mass is 32.1. The lowest BCUT2D eigenvalue weighted by Crippen LogP contribution is -2.12. The first-order chi connectivity index (χ1) is 14.0. The molecule has 1 heterocycles. The van der Waals surface area contributed by atoms with Crippen LogP contribution in [-0.4, -0.2) is 27.2 Å². The Labute approximate surface area is 173 Å². The summed E-state index contributed by atoms with van der Waals surface area (Å²) in [7, 11) is 4.72. The van der Waals surface area contributed by atoms with Crippen molar-refractivity contribution in [1.82, 2.24) is 0 Å². The van der Waals surface area contributed by atoms with Crippen LogP contribution in [0.25, 0.3) is 0 Å². The molecule has 3 rings (SSSR count). The Balaban J connectivity index is 1.66. The van der Waals surface area contributed by atoms with Crippen LogP contribution in [0.3, 0.4) is 0 Å². The molecule has 0 fully saturated rings. The van der Waals surface area contributed by atoms with Crippen molar-refractivity contribution in [1.29, 1.82) is 0 Å². The smallest absolute Gasteiger partial charge is 0.255 e. The summed E-state index contributed by atoms with van der Waals surface area (Å²) in [6, 6.07) is 11.0. The van der Waals surface area contributed by atoms with Crippen molar-refractivity contribution < 1.29 is 19.0 Å². The molecule has 0 aliphatic carbocycles. The molecule has 0 bridgehead atoms. The van der Waals surface area contributed by atoms with E-state index in [0.717, 1.165) is 11.3 Å². The van der Waals surface area contributed by atoms with Crippen molar-refractivity contribution in [2.24, 2.45) is 0 Å². The van der Waals surface area contributed by atoms with Crippen molar-refractivity contribution in [3.8, 4) is 17.2 Å². The summed E-state index contributed by atoms with van der Waals surface area (Å²) in [5, 5.41) is 9.73. The summed E-state index contributed by atoms with van der Waals surface area (Å²) in [6.07, 6.45) is 0. The number of carbonyl (C=O) groups is 1. The fourth-order valence-corrected chi connectivity index (χ4v) is 3.44. The highest BCUT2D eigenvalue weighted by Crippen LogP contribution is 2.40. The number of amides is 1. The first-order valence-electron chi connectivity index (χ1n) is 8.81. The maximum atomic E-state index is 12.3. The van der Waals surface area contributed by atoms with E-state index in [1.54, 1.807) is 38.8 Å². The molecule has 1 aromatic heterocycles.